The van der Waals surface area contributed by atoms with Crippen molar-refractivity contribution in [3.8, 4) is 0 Å². The maximum atomic E-state index is 12.4. The van der Waals surface area contributed by atoms with E-state index < -0.39 is 27.1 Å². The maximum absolute atomic E-state index is 12.4. The smallest absolute Gasteiger partial charge is 0.326 e. The number of carbonyl (C=O) groups is 3. The third-order valence-corrected chi connectivity index (χ3v) is 5.13. The summed E-state index contributed by atoms with van der Waals surface area (Å²) < 4.78 is 31.6. The number of hydrogen-bond acceptors (Lipinski definition) is 6. The predicted octanol–water partition coefficient (Wildman–Crippen LogP) is 1.18. The first kappa shape index (κ1) is 21.6. The van der Waals surface area contributed by atoms with E-state index in [0.29, 0.717) is 6.42 Å². The van der Waals surface area contributed by atoms with Gasteiger partial charge in [0.05, 0.1) is 6.61 Å². The molecule has 2 amide bonds. The molecule has 1 aromatic rings. The van der Waals surface area contributed by atoms with Gasteiger partial charge in [0.1, 0.15) is 0 Å². The van der Waals surface area contributed by atoms with Gasteiger partial charge in [0.2, 0.25) is 10.0 Å². The second-order valence-corrected chi connectivity index (χ2v) is 7.65. The van der Waals surface area contributed by atoms with Gasteiger partial charge in [-0.2, -0.15) is 0 Å². The van der Waals surface area contributed by atoms with Crippen molar-refractivity contribution in [1.29, 1.82) is 0 Å². The van der Waals surface area contributed by atoms with Crippen LogP contribution in [-0.4, -0.2) is 57.1 Å². The standard InChI is InChI=1S/C17H24N2O6S/c1-5-8-14(17(22)25-6-2)26(23,24)18-15(20)12-9-7-10-13(11-12)16(21)19(3)4/h7,9-11,14H,5-6,8H2,1-4H3,(H,18,20)/t14-/m1/s1. The molecule has 0 fully saturated rings. The first-order chi connectivity index (χ1) is 12.1. The minimum atomic E-state index is -4.27. The van der Waals surface area contributed by atoms with Gasteiger partial charge in [-0.05, 0) is 31.5 Å². The molecule has 0 aliphatic carbocycles. The number of amides is 2. The van der Waals surface area contributed by atoms with Gasteiger partial charge in [0.25, 0.3) is 11.8 Å². The van der Waals surface area contributed by atoms with Crippen LogP contribution < -0.4 is 4.72 Å². The largest absolute Gasteiger partial charge is 0.465 e. The Morgan fingerprint density at radius 2 is 1.77 bits per heavy atom. The fourth-order valence-corrected chi connectivity index (χ4v) is 3.59. The van der Waals surface area contributed by atoms with Crippen molar-refractivity contribution < 1.29 is 27.5 Å². The molecule has 0 saturated carbocycles. The molecule has 0 heterocycles. The second kappa shape index (κ2) is 9.33. The van der Waals surface area contributed by atoms with Gasteiger partial charge >= 0.3 is 5.97 Å². The van der Waals surface area contributed by atoms with Crippen LogP contribution in [0.3, 0.4) is 0 Å². The van der Waals surface area contributed by atoms with Crippen molar-refractivity contribution in [2.75, 3.05) is 20.7 Å². The Bertz CT molecular complexity index is 773. The molecule has 0 spiro atoms. The van der Waals surface area contributed by atoms with E-state index in [0.717, 1.165) is 0 Å². The lowest BCUT2D eigenvalue weighted by molar-refractivity contribution is -0.142. The Balaban J connectivity index is 3.05. The second-order valence-electron chi connectivity index (χ2n) is 5.79. The molecule has 1 N–H and O–H groups in total. The zero-order valence-corrected chi connectivity index (χ0v) is 16.1. The van der Waals surface area contributed by atoms with Crippen molar-refractivity contribution in [3.05, 3.63) is 35.4 Å². The molecule has 0 saturated heterocycles. The number of rotatable bonds is 8. The van der Waals surface area contributed by atoms with Crippen LogP contribution in [0.15, 0.2) is 24.3 Å². The molecule has 9 heteroatoms. The Labute approximate surface area is 153 Å². The molecule has 8 nitrogen and oxygen atoms in total. The average molecular weight is 384 g/mol. The highest BCUT2D eigenvalue weighted by Gasteiger charge is 2.34. The van der Waals surface area contributed by atoms with Gasteiger partial charge < -0.3 is 9.64 Å². The summed E-state index contributed by atoms with van der Waals surface area (Å²) in [7, 11) is -1.14. The first-order valence-corrected chi connectivity index (χ1v) is 9.73. The number of hydrogen-bond donors (Lipinski definition) is 1. The zero-order chi connectivity index (χ0) is 19.9. The van der Waals surface area contributed by atoms with E-state index in [1.807, 2.05) is 4.72 Å². The average Bonchev–Trinajstić information content (AvgIpc) is 2.58. The van der Waals surface area contributed by atoms with Crippen molar-refractivity contribution in [2.45, 2.75) is 31.9 Å². The lowest BCUT2D eigenvalue weighted by Crippen LogP contribution is -2.43. The van der Waals surface area contributed by atoms with Crippen molar-refractivity contribution in [3.63, 3.8) is 0 Å². The Morgan fingerprint density at radius 3 is 2.31 bits per heavy atom. The SMILES string of the molecule is CCC[C@H](C(=O)OCC)S(=O)(=O)NC(=O)c1cccc(C(=O)N(C)C)c1. The fourth-order valence-electron chi connectivity index (χ4n) is 2.21. The summed E-state index contributed by atoms with van der Waals surface area (Å²) in [6.07, 6.45) is 0.450. The number of esters is 1. The summed E-state index contributed by atoms with van der Waals surface area (Å²) in [6.45, 7) is 3.33. The minimum Gasteiger partial charge on any atom is -0.465 e. The van der Waals surface area contributed by atoms with Gasteiger partial charge in [-0.1, -0.05) is 19.4 Å². The van der Waals surface area contributed by atoms with E-state index in [1.165, 1.54) is 29.2 Å². The van der Waals surface area contributed by atoms with Crippen LogP contribution in [0.5, 0.6) is 0 Å². The van der Waals surface area contributed by atoms with E-state index >= 15 is 0 Å². The lowest BCUT2D eigenvalue weighted by Gasteiger charge is -2.16. The zero-order valence-electron chi connectivity index (χ0n) is 15.3. The number of nitrogens with zero attached hydrogens (tertiary/aromatic N) is 1. The Kier molecular flexibility index (Phi) is 7.76. The molecular weight excluding hydrogens is 360 g/mol. The topological polar surface area (TPSA) is 110 Å². The van der Waals surface area contributed by atoms with Crippen molar-refractivity contribution in [1.82, 2.24) is 9.62 Å². The van der Waals surface area contributed by atoms with E-state index in [9.17, 15) is 22.8 Å². The summed E-state index contributed by atoms with van der Waals surface area (Å²) in [4.78, 5) is 37.6. The van der Waals surface area contributed by atoms with E-state index in [2.05, 4.69) is 0 Å². The normalized spacial score (nSPS) is 12.2. The highest BCUT2D eigenvalue weighted by atomic mass is 32.2. The molecule has 0 radical (unpaired) electrons. The van der Waals surface area contributed by atoms with Crippen LogP contribution >= 0.6 is 0 Å². The molecule has 0 aromatic heterocycles. The molecule has 0 aliphatic rings. The molecule has 144 valence electrons. The summed E-state index contributed by atoms with van der Waals surface area (Å²) in [5.74, 6) is -2.13. The maximum Gasteiger partial charge on any atom is 0.326 e. The predicted molar refractivity (Wildman–Crippen MR) is 96.2 cm³/mol. The van der Waals surface area contributed by atoms with Crippen LogP contribution in [0, 0.1) is 0 Å². The number of sulfonamides is 1. The van der Waals surface area contributed by atoms with Gasteiger partial charge in [0, 0.05) is 25.2 Å². The van der Waals surface area contributed by atoms with E-state index in [-0.39, 0.29) is 30.1 Å². The number of carbonyl (C=O) groups excluding carboxylic acids is 3. The van der Waals surface area contributed by atoms with E-state index in [1.54, 1.807) is 27.9 Å². The molecule has 1 rings (SSSR count). The van der Waals surface area contributed by atoms with Crippen molar-refractivity contribution >= 4 is 27.8 Å². The minimum absolute atomic E-state index is 0.000354. The first-order valence-electron chi connectivity index (χ1n) is 8.18. The van der Waals surface area contributed by atoms with Gasteiger partial charge in [-0.15, -0.1) is 0 Å². The molecule has 0 aliphatic heterocycles. The molecule has 0 bridgehead atoms. The fraction of sp³-hybridized carbons (Fsp3) is 0.471. The lowest BCUT2D eigenvalue weighted by atomic mass is 10.1. The number of benzene rings is 1. The summed E-state index contributed by atoms with van der Waals surface area (Å²) in [6, 6.07) is 5.68. The van der Waals surface area contributed by atoms with Gasteiger partial charge in [-0.3, -0.25) is 14.4 Å². The highest BCUT2D eigenvalue weighted by molar-refractivity contribution is 7.91. The summed E-state index contributed by atoms with van der Waals surface area (Å²) >= 11 is 0. The molecular formula is C17H24N2O6S. The highest BCUT2D eigenvalue weighted by Crippen LogP contribution is 2.12. The third-order valence-electron chi connectivity index (χ3n) is 3.49. The molecule has 1 aromatic carbocycles. The monoisotopic (exact) mass is 384 g/mol. The van der Waals surface area contributed by atoms with E-state index in [4.69, 9.17) is 4.74 Å². The summed E-state index contributed by atoms with van der Waals surface area (Å²) in [5.41, 5.74) is 0.246. The molecule has 1 atom stereocenters. The van der Waals surface area contributed by atoms with Gasteiger partial charge in [-0.25, -0.2) is 13.1 Å². The summed E-state index contributed by atoms with van der Waals surface area (Å²) in [5, 5.41) is -1.47. The van der Waals surface area contributed by atoms with Crippen LogP contribution in [0.1, 0.15) is 47.4 Å². The van der Waals surface area contributed by atoms with Crippen LogP contribution in [0.2, 0.25) is 0 Å². The number of nitrogens with one attached hydrogen (secondary N) is 1. The van der Waals surface area contributed by atoms with Crippen LogP contribution in [-0.2, 0) is 19.6 Å². The Hall–Kier alpha value is -2.42. The quantitative estimate of drug-likeness (QED) is 0.674. The van der Waals surface area contributed by atoms with Crippen LogP contribution in [0.4, 0.5) is 0 Å². The van der Waals surface area contributed by atoms with Crippen molar-refractivity contribution in [2.24, 2.45) is 0 Å². The third kappa shape index (κ3) is 5.55. The Morgan fingerprint density at radius 1 is 1.15 bits per heavy atom. The molecule has 0 unspecified atom stereocenters. The molecule has 26 heavy (non-hydrogen) atoms. The van der Waals surface area contributed by atoms with Crippen LogP contribution in [0.25, 0.3) is 0 Å². The van der Waals surface area contributed by atoms with Gasteiger partial charge in [0.15, 0.2) is 5.25 Å². The number of ether oxygens (including phenoxy) is 1.